The van der Waals surface area contributed by atoms with Gasteiger partial charge in [-0.2, -0.15) is 0 Å². The number of piperidine rings is 1. The van der Waals surface area contributed by atoms with Gasteiger partial charge < -0.3 is 10.2 Å². The fourth-order valence-corrected chi connectivity index (χ4v) is 4.16. The van der Waals surface area contributed by atoms with Crippen molar-refractivity contribution in [3.63, 3.8) is 0 Å². The van der Waals surface area contributed by atoms with Crippen LogP contribution in [-0.4, -0.2) is 55.6 Å². The first-order valence-corrected chi connectivity index (χ1v) is 10.9. The van der Waals surface area contributed by atoms with E-state index in [1.54, 1.807) is 6.21 Å². The summed E-state index contributed by atoms with van der Waals surface area (Å²) in [4.78, 5) is 23.7. The minimum atomic E-state index is -0.189. The SMILES string of the molecule is O=C(NCCN1CCC(CCc2ccccc2)CC1)C1C=NC(C2CC2)=NC1. The minimum Gasteiger partial charge on any atom is -0.354 e. The Bertz CT molecular complexity index is 703. The molecule has 0 bridgehead atoms. The number of benzene rings is 1. The fourth-order valence-electron chi connectivity index (χ4n) is 4.16. The van der Waals surface area contributed by atoms with Crippen LogP contribution in [0.5, 0.6) is 0 Å². The molecule has 1 atom stereocenters. The third-order valence-corrected chi connectivity index (χ3v) is 6.23. The molecule has 1 amide bonds. The molecule has 0 radical (unpaired) electrons. The van der Waals surface area contributed by atoms with E-state index >= 15 is 0 Å². The van der Waals surface area contributed by atoms with Crippen LogP contribution in [0, 0.1) is 17.8 Å². The van der Waals surface area contributed by atoms with Gasteiger partial charge in [-0.15, -0.1) is 0 Å². The number of amides is 1. The van der Waals surface area contributed by atoms with Crippen molar-refractivity contribution in [2.24, 2.45) is 27.7 Å². The molecule has 0 aromatic heterocycles. The first kappa shape index (κ1) is 19.3. The Hall–Kier alpha value is -2.01. The van der Waals surface area contributed by atoms with E-state index in [9.17, 15) is 4.79 Å². The van der Waals surface area contributed by atoms with E-state index in [0.717, 1.165) is 37.9 Å². The van der Waals surface area contributed by atoms with Crippen LogP contribution in [0.3, 0.4) is 0 Å². The summed E-state index contributed by atoms with van der Waals surface area (Å²) in [6.07, 6.45) is 9.23. The first-order chi connectivity index (χ1) is 13.8. The molecule has 2 heterocycles. The molecule has 4 rings (SSSR count). The molecule has 1 saturated carbocycles. The predicted molar refractivity (Wildman–Crippen MR) is 114 cm³/mol. The zero-order valence-electron chi connectivity index (χ0n) is 16.7. The summed E-state index contributed by atoms with van der Waals surface area (Å²) in [7, 11) is 0. The zero-order valence-corrected chi connectivity index (χ0v) is 16.7. The van der Waals surface area contributed by atoms with Crippen LogP contribution < -0.4 is 5.32 Å². The molecular formula is C23H32N4O. The lowest BCUT2D eigenvalue weighted by Gasteiger charge is -2.32. The summed E-state index contributed by atoms with van der Waals surface area (Å²) in [5, 5.41) is 3.08. The van der Waals surface area contributed by atoms with E-state index in [0.29, 0.717) is 12.5 Å². The lowest BCUT2D eigenvalue weighted by Crippen LogP contribution is -2.42. The number of amidine groups is 1. The number of likely N-dealkylation sites (tertiary alicyclic amines) is 1. The van der Waals surface area contributed by atoms with Gasteiger partial charge in [0.15, 0.2) is 0 Å². The average molecular weight is 381 g/mol. The Morgan fingerprint density at radius 2 is 1.89 bits per heavy atom. The van der Waals surface area contributed by atoms with Crippen molar-refractivity contribution in [1.82, 2.24) is 10.2 Å². The average Bonchev–Trinajstić information content (AvgIpc) is 3.59. The molecule has 1 aromatic rings. The van der Waals surface area contributed by atoms with E-state index in [4.69, 9.17) is 0 Å². The highest BCUT2D eigenvalue weighted by atomic mass is 16.1. The number of carbonyl (C=O) groups excluding carboxylic acids is 1. The van der Waals surface area contributed by atoms with Crippen LogP contribution >= 0.6 is 0 Å². The van der Waals surface area contributed by atoms with Crippen molar-refractivity contribution in [3.8, 4) is 0 Å². The molecule has 1 aliphatic carbocycles. The number of aryl methyl sites for hydroxylation is 1. The predicted octanol–water partition coefficient (Wildman–Crippen LogP) is 2.96. The summed E-state index contributed by atoms with van der Waals surface area (Å²) < 4.78 is 0. The Morgan fingerprint density at radius 1 is 1.11 bits per heavy atom. The molecule has 5 heteroatoms. The number of rotatable bonds is 8. The fraction of sp³-hybridized carbons (Fsp3) is 0.609. The maximum Gasteiger partial charge on any atom is 0.230 e. The monoisotopic (exact) mass is 380 g/mol. The van der Waals surface area contributed by atoms with Crippen molar-refractivity contribution in [1.29, 1.82) is 0 Å². The first-order valence-electron chi connectivity index (χ1n) is 10.9. The van der Waals surface area contributed by atoms with Gasteiger partial charge in [0.05, 0.1) is 12.5 Å². The van der Waals surface area contributed by atoms with Crippen molar-refractivity contribution in [3.05, 3.63) is 35.9 Å². The smallest absolute Gasteiger partial charge is 0.230 e. The molecule has 2 aliphatic heterocycles. The Labute approximate surface area is 168 Å². The Kier molecular flexibility index (Phi) is 6.53. The summed E-state index contributed by atoms with van der Waals surface area (Å²) >= 11 is 0. The minimum absolute atomic E-state index is 0.0695. The molecule has 1 saturated heterocycles. The van der Waals surface area contributed by atoms with Gasteiger partial charge >= 0.3 is 0 Å². The van der Waals surface area contributed by atoms with Crippen molar-refractivity contribution in [2.75, 3.05) is 32.7 Å². The van der Waals surface area contributed by atoms with Crippen LogP contribution in [0.1, 0.15) is 37.7 Å². The standard InChI is InChI=1S/C23H32N4O/c28-23(21-16-25-22(26-17-21)20-8-9-20)24-12-15-27-13-10-19(11-14-27)7-6-18-4-2-1-3-5-18/h1-5,16,19-21H,6-15,17H2,(H,24,28). The quantitative estimate of drug-likeness (QED) is 0.754. The van der Waals surface area contributed by atoms with Gasteiger partial charge in [0.2, 0.25) is 5.91 Å². The summed E-state index contributed by atoms with van der Waals surface area (Å²) in [5.41, 5.74) is 1.45. The maximum atomic E-state index is 12.3. The van der Waals surface area contributed by atoms with Crippen molar-refractivity contribution >= 4 is 18.0 Å². The summed E-state index contributed by atoms with van der Waals surface area (Å²) in [6, 6.07) is 10.8. The van der Waals surface area contributed by atoms with Gasteiger partial charge in [0, 0.05) is 25.2 Å². The number of nitrogens with zero attached hydrogens (tertiary/aromatic N) is 3. The van der Waals surface area contributed by atoms with Gasteiger partial charge in [0.1, 0.15) is 5.84 Å². The molecule has 1 N–H and O–H groups in total. The van der Waals surface area contributed by atoms with Crippen LogP contribution in [0.25, 0.3) is 0 Å². The number of hydrogen-bond donors (Lipinski definition) is 1. The highest BCUT2D eigenvalue weighted by Gasteiger charge is 2.30. The van der Waals surface area contributed by atoms with Gasteiger partial charge in [0.25, 0.3) is 0 Å². The molecule has 3 aliphatic rings. The topological polar surface area (TPSA) is 57.1 Å². The Balaban J connectivity index is 1.09. The molecule has 150 valence electrons. The van der Waals surface area contributed by atoms with E-state index < -0.39 is 0 Å². The van der Waals surface area contributed by atoms with Gasteiger partial charge in [-0.05, 0) is 63.1 Å². The highest BCUT2D eigenvalue weighted by molar-refractivity contribution is 6.02. The van der Waals surface area contributed by atoms with Gasteiger partial charge in [-0.3, -0.25) is 9.79 Å². The van der Waals surface area contributed by atoms with E-state index in [-0.39, 0.29) is 11.8 Å². The molecular weight excluding hydrogens is 348 g/mol. The molecule has 5 nitrogen and oxygen atoms in total. The largest absolute Gasteiger partial charge is 0.354 e. The van der Waals surface area contributed by atoms with Crippen LogP contribution in [0.4, 0.5) is 0 Å². The van der Waals surface area contributed by atoms with E-state index in [2.05, 4.69) is 50.5 Å². The third-order valence-electron chi connectivity index (χ3n) is 6.23. The second kappa shape index (κ2) is 9.46. The van der Waals surface area contributed by atoms with E-state index in [1.807, 2.05) is 0 Å². The maximum absolute atomic E-state index is 12.3. The van der Waals surface area contributed by atoms with E-state index in [1.165, 1.54) is 44.1 Å². The second-order valence-corrected chi connectivity index (χ2v) is 8.46. The summed E-state index contributed by atoms with van der Waals surface area (Å²) in [5.74, 6) is 2.24. The van der Waals surface area contributed by atoms with Crippen molar-refractivity contribution < 1.29 is 4.79 Å². The number of nitrogens with one attached hydrogen (secondary N) is 1. The second-order valence-electron chi connectivity index (χ2n) is 8.46. The number of hydrogen-bond acceptors (Lipinski definition) is 4. The number of aliphatic imine (C=N–C) groups is 2. The third kappa shape index (κ3) is 5.51. The van der Waals surface area contributed by atoms with Crippen molar-refractivity contribution in [2.45, 2.75) is 38.5 Å². The van der Waals surface area contributed by atoms with Gasteiger partial charge in [-0.1, -0.05) is 30.3 Å². The Morgan fingerprint density at radius 3 is 2.57 bits per heavy atom. The summed E-state index contributed by atoms with van der Waals surface area (Å²) in [6.45, 7) is 4.52. The molecule has 1 aromatic carbocycles. The molecule has 28 heavy (non-hydrogen) atoms. The zero-order chi connectivity index (χ0) is 19.2. The molecule has 2 fully saturated rings. The lowest BCUT2D eigenvalue weighted by molar-refractivity contribution is -0.122. The van der Waals surface area contributed by atoms with Crippen LogP contribution in [0.15, 0.2) is 40.3 Å². The molecule has 0 spiro atoms. The molecule has 1 unspecified atom stereocenters. The lowest BCUT2D eigenvalue weighted by atomic mass is 9.90. The normalized spacial score (nSPS) is 23.4. The van der Waals surface area contributed by atoms with Crippen LogP contribution in [0.2, 0.25) is 0 Å². The van der Waals surface area contributed by atoms with Gasteiger partial charge in [-0.25, -0.2) is 4.99 Å². The number of carbonyl (C=O) groups is 1. The van der Waals surface area contributed by atoms with Crippen LogP contribution in [-0.2, 0) is 11.2 Å². The highest BCUT2D eigenvalue weighted by Crippen LogP contribution is 2.32.